The number of β-amino-alcohol motifs (C(OH)–C–C–N with tert-alkyl or cyclic N) is 1. The van der Waals surface area contributed by atoms with E-state index in [2.05, 4.69) is 44.1 Å². The summed E-state index contributed by atoms with van der Waals surface area (Å²) >= 11 is 0. The van der Waals surface area contributed by atoms with Crippen molar-refractivity contribution < 1.29 is 5.11 Å². The smallest absolute Gasteiger partial charge is 0.163 e. The minimum absolute atomic E-state index is 0.354. The summed E-state index contributed by atoms with van der Waals surface area (Å²) in [6, 6.07) is 10.2. The van der Waals surface area contributed by atoms with Crippen LogP contribution in [-0.4, -0.2) is 49.2 Å². The summed E-state index contributed by atoms with van der Waals surface area (Å²) in [5.41, 5.74) is 5.70. The number of nitrogens with zero attached hydrogens (tertiary/aromatic N) is 5. The number of pyridine rings is 2. The molecule has 7 rings (SSSR count). The van der Waals surface area contributed by atoms with E-state index in [1.807, 2.05) is 30.5 Å². The van der Waals surface area contributed by atoms with E-state index < -0.39 is 0 Å². The van der Waals surface area contributed by atoms with Gasteiger partial charge >= 0.3 is 0 Å². The number of benzene rings is 1. The lowest BCUT2D eigenvalue weighted by Crippen LogP contribution is -2.23. The second kappa shape index (κ2) is 6.95. The summed E-state index contributed by atoms with van der Waals surface area (Å²) in [4.78, 5) is 24.7. The Kier molecular flexibility index (Phi) is 3.89. The fraction of sp³-hybridized carbons (Fsp3) is 0.154. The number of rotatable bonds is 3. The maximum atomic E-state index is 10.3. The molecule has 0 radical (unpaired) electrons. The van der Waals surface area contributed by atoms with Crippen molar-refractivity contribution >= 4 is 44.2 Å². The van der Waals surface area contributed by atoms with Gasteiger partial charge in [0.05, 0.1) is 23.2 Å². The lowest BCUT2D eigenvalue weighted by molar-refractivity contribution is 0.198. The topological polar surface area (TPSA) is 90.8 Å². The zero-order chi connectivity index (χ0) is 21.9. The number of aromatic amines is 1. The lowest BCUT2D eigenvalue weighted by atomic mass is 9.97. The van der Waals surface area contributed by atoms with Gasteiger partial charge < -0.3 is 15.0 Å². The van der Waals surface area contributed by atoms with Crippen LogP contribution in [0.25, 0.3) is 49.8 Å². The summed E-state index contributed by atoms with van der Waals surface area (Å²) in [6.45, 7) is 1.31. The number of nitrogens with one attached hydrogen (secondary N) is 1. The van der Waals surface area contributed by atoms with Gasteiger partial charge in [0.15, 0.2) is 5.82 Å². The van der Waals surface area contributed by atoms with E-state index >= 15 is 0 Å². The Morgan fingerprint density at radius 3 is 2.76 bits per heavy atom. The van der Waals surface area contributed by atoms with Crippen molar-refractivity contribution in [1.82, 2.24) is 24.9 Å². The SMILES string of the molecule is O[C@H]1CCN(c2nc(-c3ccnc4[nH]c5ccccc5c34)nc3cncc(C4=CC=C4)c23)C1. The van der Waals surface area contributed by atoms with E-state index in [1.54, 1.807) is 12.4 Å². The van der Waals surface area contributed by atoms with Gasteiger partial charge in [-0.1, -0.05) is 36.4 Å². The Balaban J connectivity index is 1.53. The number of aliphatic hydroxyl groups excluding tert-OH is 1. The summed E-state index contributed by atoms with van der Waals surface area (Å²) in [5.74, 6) is 1.48. The maximum Gasteiger partial charge on any atom is 0.163 e. The Labute approximate surface area is 189 Å². The van der Waals surface area contributed by atoms with Crippen LogP contribution in [0, 0.1) is 0 Å². The van der Waals surface area contributed by atoms with Gasteiger partial charge in [-0.15, -0.1) is 0 Å². The monoisotopic (exact) mass is 432 g/mol. The average molecular weight is 432 g/mol. The standard InChI is InChI=1S/C26H20N6O/c33-16-9-11-32(14-16)26-23-19(15-4-3-5-15)12-27-13-21(23)30-24(31-26)18-8-10-28-25-22(18)17-6-1-2-7-20(17)29-25/h1-8,10,12-13,16,33H,9,11,14H2,(H,28,29)/t16-/m0/s1. The number of allylic oxidation sites excluding steroid dienone is 4. The number of aliphatic hydroxyl groups is 1. The quantitative estimate of drug-likeness (QED) is 0.443. The molecule has 0 bridgehead atoms. The van der Waals surface area contributed by atoms with E-state index in [0.29, 0.717) is 12.4 Å². The summed E-state index contributed by atoms with van der Waals surface area (Å²) in [5, 5.41) is 13.3. The molecule has 0 spiro atoms. The number of fused-ring (bicyclic) bond motifs is 4. The molecule has 1 fully saturated rings. The van der Waals surface area contributed by atoms with Crippen LogP contribution in [0.15, 0.2) is 67.2 Å². The molecule has 1 aromatic carbocycles. The molecule has 7 heteroatoms. The number of anilines is 1. The molecule has 1 saturated heterocycles. The Bertz CT molecular complexity index is 1630. The summed E-state index contributed by atoms with van der Waals surface area (Å²) in [7, 11) is 0. The highest BCUT2D eigenvalue weighted by molar-refractivity contribution is 6.13. The highest BCUT2D eigenvalue weighted by Gasteiger charge is 2.26. The van der Waals surface area contributed by atoms with E-state index in [-0.39, 0.29) is 6.10 Å². The largest absolute Gasteiger partial charge is 0.391 e. The molecule has 5 heterocycles. The number of hydrogen-bond donors (Lipinski definition) is 2. The van der Waals surface area contributed by atoms with Crippen LogP contribution in [0.4, 0.5) is 5.82 Å². The highest BCUT2D eigenvalue weighted by atomic mass is 16.3. The summed E-state index contributed by atoms with van der Waals surface area (Å²) in [6.07, 6.45) is 12.0. The van der Waals surface area contributed by atoms with Crippen molar-refractivity contribution in [2.24, 2.45) is 0 Å². The van der Waals surface area contributed by atoms with Gasteiger partial charge in [0.2, 0.25) is 0 Å². The van der Waals surface area contributed by atoms with Crippen molar-refractivity contribution in [3.8, 4) is 11.4 Å². The molecule has 4 aromatic heterocycles. The van der Waals surface area contributed by atoms with Gasteiger partial charge in [-0.3, -0.25) is 4.98 Å². The number of hydrogen-bond acceptors (Lipinski definition) is 6. The molecule has 7 nitrogen and oxygen atoms in total. The molecule has 160 valence electrons. The van der Waals surface area contributed by atoms with E-state index in [9.17, 15) is 5.11 Å². The Morgan fingerprint density at radius 2 is 1.94 bits per heavy atom. The zero-order valence-corrected chi connectivity index (χ0v) is 17.7. The van der Waals surface area contributed by atoms with Crippen LogP contribution in [0.1, 0.15) is 12.0 Å². The number of H-pyrrole nitrogens is 1. The first-order valence-electron chi connectivity index (χ1n) is 11.1. The Morgan fingerprint density at radius 1 is 1.03 bits per heavy atom. The fourth-order valence-electron chi connectivity index (χ4n) is 4.89. The predicted molar refractivity (Wildman–Crippen MR) is 130 cm³/mol. The number of aromatic nitrogens is 5. The molecule has 0 saturated carbocycles. The minimum atomic E-state index is -0.354. The molecule has 2 aliphatic rings. The molecule has 0 amide bonds. The van der Waals surface area contributed by atoms with Gasteiger partial charge in [-0.25, -0.2) is 15.0 Å². The summed E-state index contributed by atoms with van der Waals surface area (Å²) < 4.78 is 0. The number of para-hydroxylation sites is 1. The fourth-order valence-corrected chi connectivity index (χ4v) is 4.89. The average Bonchev–Trinajstić information content (AvgIpc) is 3.40. The van der Waals surface area contributed by atoms with Crippen LogP contribution < -0.4 is 4.90 Å². The van der Waals surface area contributed by atoms with Crippen LogP contribution >= 0.6 is 0 Å². The van der Waals surface area contributed by atoms with E-state index in [1.165, 1.54) is 0 Å². The predicted octanol–water partition coefficient (Wildman–Crippen LogP) is 4.25. The van der Waals surface area contributed by atoms with E-state index in [4.69, 9.17) is 9.97 Å². The van der Waals surface area contributed by atoms with Crippen LogP contribution in [0.5, 0.6) is 0 Å². The first kappa shape index (κ1) is 18.5. The van der Waals surface area contributed by atoms with Crippen LogP contribution in [0.2, 0.25) is 0 Å². The maximum absolute atomic E-state index is 10.3. The third-order valence-corrected chi connectivity index (χ3v) is 6.55. The molecule has 5 aromatic rings. The third kappa shape index (κ3) is 2.79. The first-order valence-corrected chi connectivity index (χ1v) is 11.1. The zero-order valence-electron chi connectivity index (χ0n) is 17.7. The Hall–Kier alpha value is -4.10. The molecular weight excluding hydrogens is 412 g/mol. The van der Waals surface area contributed by atoms with Gasteiger partial charge in [0.25, 0.3) is 0 Å². The van der Waals surface area contributed by atoms with Gasteiger partial charge in [0.1, 0.15) is 11.5 Å². The van der Waals surface area contributed by atoms with Crippen molar-refractivity contribution in [3.63, 3.8) is 0 Å². The van der Waals surface area contributed by atoms with Crippen molar-refractivity contribution in [1.29, 1.82) is 0 Å². The minimum Gasteiger partial charge on any atom is -0.391 e. The molecule has 1 atom stereocenters. The van der Waals surface area contributed by atoms with Gasteiger partial charge in [0, 0.05) is 52.9 Å². The molecule has 33 heavy (non-hydrogen) atoms. The van der Waals surface area contributed by atoms with Crippen molar-refractivity contribution in [2.75, 3.05) is 18.0 Å². The van der Waals surface area contributed by atoms with E-state index in [0.717, 1.165) is 68.3 Å². The normalized spacial score (nSPS) is 17.8. The third-order valence-electron chi connectivity index (χ3n) is 6.55. The molecule has 1 aliphatic heterocycles. The second-order valence-electron chi connectivity index (χ2n) is 8.57. The lowest BCUT2D eigenvalue weighted by Gasteiger charge is -2.22. The van der Waals surface area contributed by atoms with Crippen LogP contribution in [0.3, 0.4) is 0 Å². The first-order chi connectivity index (χ1) is 16.3. The molecule has 1 aliphatic carbocycles. The van der Waals surface area contributed by atoms with Gasteiger partial charge in [-0.2, -0.15) is 0 Å². The van der Waals surface area contributed by atoms with Crippen LogP contribution in [-0.2, 0) is 0 Å². The van der Waals surface area contributed by atoms with Crippen molar-refractivity contribution in [3.05, 3.63) is 72.7 Å². The molecule has 0 unspecified atom stereocenters. The highest BCUT2D eigenvalue weighted by Crippen LogP contribution is 2.38. The van der Waals surface area contributed by atoms with Crippen molar-refractivity contribution in [2.45, 2.75) is 12.5 Å². The molecular formula is C26H20N6O. The molecule has 2 N–H and O–H groups in total. The second-order valence-corrected chi connectivity index (χ2v) is 8.57. The van der Waals surface area contributed by atoms with Gasteiger partial charge in [-0.05, 0) is 24.1 Å².